The molecule has 0 saturated carbocycles. The molecule has 112 valence electrons. The molecule has 0 unspecified atom stereocenters. The van der Waals surface area contributed by atoms with Gasteiger partial charge < -0.3 is 5.11 Å². The Morgan fingerprint density at radius 3 is 2.57 bits per heavy atom. The number of phenols is 1. The van der Waals surface area contributed by atoms with Gasteiger partial charge in [0.1, 0.15) is 5.75 Å². The Kier molecular flexibility index (Phi) is 4.88. The van der Waals surface area contributed by atoms with E-state index in [9.17, 15) is 13.5 Å². The van der Waals surface area contributed by atoms with Crippen LogP contribution >= 0.6 is 11.6 Å². The lowest BCUT2D eigenvalue weighted by molar-refractivity contribution is 0.467. The summed E-state index contributed by atoms with van der Waals surface area (Å²) in [4.78, 5) is 0.135. The summed E-state index contributed by atoms with van der Waals surface area (Å²) < 4.78 is 26.8. The molecule has 0 saturated heterocycles. The topological polar surface area (TPSA) is 66.4 Å². The number of halogens is 1. The number of aromatic hydroxyl groups is 1. The highest BCUT2D eigenvalue weighted by Crippen LogP contribution is 2.20. The summed E-state index contributed by atoms with van der Waals surface area (Å²) in [5, 5.41) is 10.0. The molecule has 2 aromatic rings. The van der Waals surface area contributed by atoms with Crippen molar-refractivity contribution in [3.8, 4) is 5.75 Å². The number of aryl methyl sites for hydroxylation is 1. The van der Waals surface area contributed by atoms with E-state index >= 15 is 0 Å². The van der Waals surface area contributed by atoms with E-state index in [-0.39, 0.29) is 17.2 Å². The Balaban J connectivity index is 2.05. The lowest BCUT2D eigenvalue weighted by Crippen LogP contribution is -2.26. The van der Waals surface area contributed by atoms with Crippen molar-refractivity contribution in [2.45, 2.75) is 18.2 Å². The summed E-state index contributed by atoms with van der Waals surface area (Å²) in [5.41, 5.74) is 1.52. The van der Waals surface area contributed by atoms with Crippen LogP contribution in [0.15, 0.2) is 47.4 Å². The maximum Gasteiger partial charge on any atom is 0.240 e. The Hall–Kier alpha value is -1.56. The van der Waals surface area contributed by atoms with E-state index < -0.39 is 10.0 Å². The first-order chi connectivity index (χ1) is 9.90. The van der Waals surface area contributed by atoms with Crippen LogP contribution in [0.25, 0.3) is 0 Å². The number of sulfonamides is 1. The summed E-state index contributed by atoms with van der Waals surface area (Å²) in [6.45, 7) is 2.01. The van der Waals surface area contributed by atoms with Gasteiger partial charge in [-0.3, -0.25) is 0 Å². The minimum Gasteiger partial charge on any atom is -0.508 e. The van der Waals surface area contributed by atoms with Gasteiger partial charge in [-0.15, -0.1) is 0 Å². The molecule has 0 atom stereocenters. The number of hydrogen-bond acceptors (Lipinski definition) is 3. The first-order valence-electron chi connectivity index (χ1n) is 6.43. The van der Waals surface area contributed by atoms with Crippen molar-refractivity contribution in [3.63, 3.8) is 0 Å². The molecule has 0 aliphatic rings. The van der Waals surface area contributed by atoms with E-state index in [1.807, 2.05) is 6.92 Å². The van der Waals surface area contributed by atoms with E-state index in [0.717, 1.165) is 5.56 Å². The van der Waals surface area contributed by atoms with Gasteiger partial charge in [0.2, 0.25) is 10.0 Å². The molecular formula is C15H16ClNO3S. The van der Waals surface area contributed by atoms with Crippen LogP contribution in [0.3, 0.4) is 0 Å². The standard InChI is InChI=1S/C15H16ClNO3S/c1-11-6-7-13(10-14(11)16)21(19,20)17-9-8-12-4-2-3-5-15(12)18/h2-7,10,17-18H,8-9H2,1H3. The van der Waals surface area contributed by atoms with Gasteiger partial charge in [0, 0.05) is 11.6 Å². The molecule has 0 aliphatic heterocycles. The number of benzene rings is 2. The predicted octanol–water partition coefficient (Wildman–Crippen LogP) is 2.88. The van der Waals surface area contributed by atoms with Crippen LogP contribution in [0.1, 0.15) is 11.1 Å². The van der Waals surface area contributed by atoms with E-state index in [0.29, 0.717) is 17.0 Å². The third-order valence-corrected chi connectivity index (χ3v) is 5.00. The first-order valence-corrected chi connectivity index (χ1v) is 8.29. The predicted molar refractivity (Wildman–Crippen MR) is 83.2 cm³/mol. The van der Waals surface area contributed by atoms with Crippen molar-refractivity contribution in [3.05, 3.63) is 58.6 Å². The van der Waals surface area contributed by atoms with E-state index in [4.69, 9.17) is 11.6 Å². The van der Waals surface area contributed by atoms with Gasteiger partial charge >= 0.3 is 0 Å². The lowest BCUT2D eigenvalue weighted by atomic mass is 10.1. The zero-order valence-corrected chi connectivity index (χ0v) is 13.1. The van der Waals surface area contributed by atoms with Gasteiger partial charge in [0.25, 0.3) is 0 Å². The van der Waals surface area contributed by atoms with Crippen LogP contribution in [0, 0.1) is 6.92 Å². The summed E-state index contributed by atoms with van der Waals surface area (Å²) in [6, 6.07) is 11.5. The van der Waals surface area contributed by atoms with Gasteiger partial charge in [0.15, 0.2) is 0 Å². The van der Waals surface area contributed by atoms with Gasteiger partial charge in [0.05, 0.1) is 4.90 Å². The minimum absolute atomic E-state index is 0.135. The van der Waals surface area contributed by atoms with E-state index in [1.165, 1.54) is 12.1 Å². The van der Waals surface area contributed by atoms with Crippen molar-refractivity contribution in [2.24, 2.45) is 0 Å². The summed E-state index contributed by atoms with van der Waals surface area (Å²) in [5.74, 6) is 0.162. The van der Waals surface area contributed by atoms with Crippen LogP contribution in [0.5, 0.6) is 5.75 Å². The zero-order chi connectivity index (χ0) is 15.5. The molecule has 21 heavy (non-hydrogen) atoms. The van der Waals surface area contributed by atoms with E-state index in [1.54, 1.807) is 30.3 Å². The van der Waals surface area contributed by atoms with Crippen molar-refractivity contribution < 1.29 is 13.5 Å². The summed E-state index contributed by atoms with van der Waals surface area (Å²) in [7, 11) is -3.60. The molecule has 0 aromatic heterocycles. The van der Waals surface area contributed by atoms with Crippen molar-refractivity contribution >= 4 is 21.6 Å². The fourth-order valence-corrected chi connectivity index (χ4v) is 3.17. The third kappa shape index (κ3) is 3.97. The van der Waals surface area contributed by atoms with Crippen molar-refractivity contribution in [1.29, 1.82) is 0 Å². The molecule has 2 N–H and O–H groups in total. The van der Waals surface area contributed by atoms with Crippen LogP contribution < -0.4 is 4.72 Å². The number of para-hydroxylation sites is 1. The molecule has 0 amide bonds. The van der Waals surface area contributed by atoms with Crippen molar-refractivity contribution in [2.75, 3.05) is 6.54 Å². The van der Waals surface area contributed by atoms with Crippen LogP contribution in [0.4, 0.5) is 0 Å². The number of nitrogens with one attached hydrogen (secondary N) is 1. The second kappa shape index (κ2) is 6.47. The second-order valence-electron chi connectivity index (χ2n) is 4.69. The van der Waals surface area contributed by atoms with Gasteiger partial charge in [-0.25, -0.2) is 13.1 Å². The number of rotatable bonds is 5. The smallest absolute Gasteiger partial charge is 0.240 e. The highest BCUT2D eigenvalue weighted by Gasteiger charge is 2.14. The molecule has 6 heteroatoms. The van der Waals surface area contributed by atoms with Gasteiger partial charge in [-0.1, -0.05) is 35.9 Å². The largest absolute Gasteiger partial charge is 0.508 e. The fourth-order valence-electron chi connectivity index (χ4n) is 1.87. The molecule has 2 rings (SSSR count). The van der Waals surface area contributed by atoms with Gasteiger partial charge in [-0.2, -0.15) is 0 Å². The summed E-state index contributed by atoms with van der Waals surface area (Å²) >= 11 is 5.95. The minimum atomic E-state index is -3.60. The Morgan fingerprint density at radius 2 is 1.90 bits per heavy atom. The molecule has 0 bridgehead atoms. The Bertz CT molecular complexity index is 744. The summed E-state index contributed by atoms with van der Waals surface area (Å²) in [6.07, 6.45) is 0.408. The quantitative estimate of drug-likeness (QED) is 0.888. The Morgan fingerprint density at radius 1 is 1.19 bits per heavy atom. The number of hydrogen-bond donors (Lipinski definition) is 2. The van der Waals surface area contributed by atoms with Crippen LogP contribution in [-0.4, -0.2) is 20.1 Å². The monoisotopic (exact) mass is 325 g/mol. The first kappa shape index (κ1) is 15.8. The molecule has 0 spiro atoms. The fraction of sp³-hybridized carbons (Fsp3) is 0.200. The van der Waals surface area contributed by atoms with E-state index in [2.05, 4.69) is 4.72 Å². The lowest BCUT2D eigenvalue weighted by Gasteiger charge is -2.09. The maximum absolute atomic E-state index is 12.1. The molecule has 0 aliphatic carbocycles. The second-order valence-corrected chi connectivity index (χ2v) is 6.86. The molecule has 2 aromatic carbocycles. The van der Waals surface area contributed by atoms with Gasteiger partial charge in [-0.05, 0) is 42.7 Å². The van der Waals surface area contributed by atoms with Crippen LogP contribution in [0.2, 0.25) is 5.02 Å². The maximum atomic E-state index is 12.1. The average molecular weight is 326 g/mol. The molecule has 0 heterocycles. The highest BCUT2D eigenvalue weighted by molar-refractivity contribution is 7.89. The third-order valence-electron chi connectivity index (χ3n) is 3.13. The molecule has 0 radical (unpaired) electrons. The Labute approximate surface area is 129 Å². The number of phenolic OH excluding ortho intramolecular Hbond substituents is 1. The zero-order valence-electron chi connectivity index (χ0n) is 11.5. The average Bonchev–Trinajstić information content (AvgIpc) is 2.44. The normalized spacial score (nSPS) is 11.5. The molecule has 4 nitrogen and oxygen atoms in total. The molecular weight excluding hydrogens is 310 g/mol. The SMILES string of the molecule is Cc1ccc(S(=O)(=O)NCCc2ccccc2O)cc1Cl. The van der Waals surface area contributed by atoms with Crippen molar-refractivity contribution in [1.82, 2.24) is 4.72 Å². The molecule has 0 fully saturated rings. The van der Waals surface area contributed by atoms with Crippen LogP contribution in [-0.2, 0) is 16.4 Å². The highest BCUT2D eigenvalue weighted by atomic mass is 35.5.